The van der Waals surface area contributed by atoms with Gasteiger partial charge in [-0.3, -0.25) is 0 Å². The largest absolute Gasteiger partial charge is 0.379 e. The summed E-state index contributed by atoms with van der Waals surface area (Å²) in [5, 5.41) is 0. The van der Waals surface area contributed by atoms with Gasteiger partial charge in [-0.1, -0.05) is 0 Å². The van der Waals surface area contributed by atoms with Crippen molar-refractivity contribution in [3.63, 3.8) is 0 Å². The van der Waals surface area contributed by atoms with E-state index in [0.29, 0.717) is 32.2 Å². The second-order valence-corrected chi connectivity index (χ2v) is 10.5. The molecule has 1 atom stereocenters. The lowest BCUT2D eigenvalue weighted by molar-refractivity contribution is 0.0730. The van der Waals surface area contributed by atoms with Gasteiger partial charge in [0.25, 0.3) is 0 Å². The zero-order valence-electron chi connectivity index (χ0n) is 14.5. The van der Waals surface area contributed by atoms with Crippen LogP contribution >= 0.6 is 0 Å². The van der Waals surface area contributed by atoms with Crippen molar-refractivity contribution in [2.24, 2.45) is 5.92 Å². The Morgan fingerprint density at radius 1 is 1.04 bits per heavy atom. The Morgan fingerprint density at radius 2 is 1.56 bits per heavy atom. The minimum absolute atomic E-state index is 0.0539. The number of sulfonamides is 2. The van der Waals surface area contributed by atoms with Crippen molar-refractivity contribution in [3.05, 3.63) is 24.3 Å². The van der Waals surface area contributed by atoms with Crippen LogP contribution in [-0.2, 0) is 24.8 Å². The van der Waals surface area contributed by atoms with E-state index in [1.807, 2.05) is 6.92 Å². The van der Waals surface area contributed by atoms with Crippen LogP contribution in [0.25, 0.3) is 0 Å². The molecule has 140 valence electrons. The van der Waals surface area contributed by atoms with E-state index in [1.165, 1.54) is 32.9 Å². The van der Waals surface area contributed by atoms with Crippen LogP contribution < -0.4 is 0 Å². The molecular weight excluding hydrogens is 364 g/mol. The molecule has 2 fully saturated rings. The lowest BCUT2D eigenvalue weighted by atomic mass is 10.2. The van der Waals surface area contributed by atoms with E-state index in [-0.39, 0.29) is 15.8 Å². The quantitative estimate of drug-likeness (QED) is 0.729. The Kier molecular flexibility index (Phi) is 5.23. The minimum atomic E-state index is -3.63. The lowest BCUT2D eigenvalue weighted by Gasteiger charge is -2.26. The fourth-order valence-corrected chi connectivity index (χ4v) is 5.81. The first-order chi connectivity index (χ1) is 11.7. The van der Waals surface area contributed by atoms with Crippen LogP contribution in [0, 0.1) is 5.92 Å². The number of hydrogen-bond acceptors (Lipinski definition) is 5. The van der Waals surface area contributed by atoms with Gasteiger partial charge in [0, 0.05) is 26.2 Å². The summed E-state index contributed by atoms with van der Waals surface area (Å²) in [7, 11) is -5.66. The predicted octanol–water partition coefficient (Wildman–Crippen LogP) is 1.13. The molecule has 1 aromatic carbocycles. The Labute approximate surface area is 149 Å². The van der Waals surface area contributed by atoms with Crippen LogP contribution in [0.2, 0.25) is 0 Å². The fourth-order valence-electron chi connectivity index (χ4n) is 2.98. The molecule has 0 bridgehead atoms. The summed E-state index contributed by atoms with van der Waals surface area (Å²) >= 11 is 0. The maximum Gasteiger partial charge on any atom is 0.243 e. The molecule has 1 aliphatic carbocycles. The fraction of sp³-hybridized carbons (Fsp3) is 0.625. The van der Waals surface area contributed by atoms with E-state index >= 15 is 0 Å². The van der Waals surface area contributed by atoms with Gasteiger partial charge in [-0.05, 0) is 49.9 Å². The number of ether oxygens (including phenoxy) is 1. The van der Waals surface area contributed by atoms with Crippen LogP contribution in [0.3, 0.4) is 0 Å². The van der Waals surface area contributed by atoms with Gasteiger partial charge in [0.1, 0.15) is 0 Å². The molecule has 3 rings (SSSR count). The standard InChI is InChI=1S/C16H24N2O5S2/c1-13(14-3-4-14)17(2)24(19,20)15-5-7-16(8-6-15)25(21,22)18-9-11-23-12-10-18/h5-8,13-14H,3-4,9-12H2,1-2H3. The monoisotopic (exact) mass is 388 g/mol. The minimum Gasteiger partial charge on any atom is -0.379 e. The molecule has 0 N–H and O–H groups in total. The summed E-state index contributed by atoms with van der Waals surface area (Å²) in [5.41, 5.74) is 0. The Hall–Kier alpha value is -1.00. The molecule has 9 heteroatoms. The maximum atomic E-state index is 12.7. The van der Waals surface area contributed by atoms with Gasteiger partial charge in [0.15, 0.2) is 0 Å². The van der Waals surface area contributed by atoms with E-state index in [2.05, 4.69) is 0 Å². The van der Waals surface area contributed by atoms with E-state index < -0.39 is 20.0 Å². The van der Waals surface area contributed by atoms with Crippen molar-refractivity contribution in [1.29, 1.82) is 0 Å². The van der Waals surface area contributed by atoms with Crippen LogP contribution in [0.15, 0.2) is 34.1 Å². The van der Waals surface area contributed by atoms with Gasteiger partial charge >= 0.3 is 0 Å². The average molecular weight is 389 g/mol. The first-order valence-electron chi connectivity index (χ1n) is 8.40. The number of benzene rings is 1. The molecule has 25 heavy (non-hydrogen) atoms. The summed E-state index contributed by atoms with van der Waals surface area (Å²) in [6.07, 6.45) is 2.11. The second kappa shape index (κ2) is 6.96. The summed E-state index contributed by atoms with van der Waals surface area (Å²) in [6, 6.07) is 5.43. The van der Waals surface area contributed by atoms with E-state index in [0.717, 1.165) is 12.8 Å². The molecule has 2 aliphatic rings. The second-order valence-electron chi connectivity index (χ2n) is 6.59. The summed E-state index contributed by atoms with van der Waals surface area (Å²) in [6.45, 7) is 3.27. The van der Waals surface area contributed by atoms with Gasteiger partial charge in [-0.2, -0.15) is 8.61 Å². The van der Waals surface area contributed by atoms with Crippen molar-refractivity contribution >= 4 is 20.0 Å². The van der Waals surface area contributed by atoms with Crippen LogP contribution in [0.4, 0.5) is 0 Å². The van der Waals surface area contributed by atoms with Gasteiger partial charge in [-0.25, -0.2) is 16.8 Å². The SMILES string of the molecule is CC(C1CC1)N(C)S(=O)(=O)c1ccc(S(=O)(=O)N2CCOCC2)cc1. The van der Waals surface area contributed by atoms with Crippen molar-refractivity contribution in [3.8, 4) is 0 Å². The Morgan fingerprint density at radius 3 is 2.08 bits per heavy atom. The molecule has 0 radical (unpaired) electrons. The van der Waals surface area contributed by atoms with Crippen LogP contribution in [-0.4, -0.2) is 64.8 Å². The van der Waals surface area contributed by atoms with Crippen molar-refractivity contribution in [2.45, 2.75) is 35.6 Å². The molecule has 0 aromatic heterocycles. The number of morpholine rings is 1. The van der Waals surface area contributed by atoms with Crippen molar-refractivity contribution in [2.75, 3.05) is 33.4 Å². The Bertz CT molecular complexity index is 811. The molecule has 7 nitrogen and oxygen atoms in total. The third-order valence-corrected chi connectivity index (χ3v) is 8.86. The molecule has 1 aromatic rings. The smallest absolute Gasteiger partial charge is 0.243 e. The highest BCUT2D eigenvalue weighted by Crippen LogP contribution is 2.36. The van der Waals surface area contributed by atoms with Crippen LogP contribution in [0.1, 0.15) is 19.8 Å². The first kappa shape index (κ1) is 18.8. The molecule has 1 saturated heterocycles. The third-order valence-electron chi connectivity index (χ3n) is 4.99. The highest BCUT2D eigenvalue weighted by Gasteiger charge is 2.36. The molecule has 1 heterocycles. The van der Waals surface area contributed by atoms with E-state index in [1.54, 1.807) is 7.05 Å². The number of hydrogen-bond donors (Lipinski definition) is 0. The molecule has 1 saturated carbocycles. The van der Waals surface area contributed by atoms with E-state index in [4.69, 9.17) is 4.74 Å². The predicted molar refractivity (Wildman–Crippen MR) is 93.2 cm³/mol. The average Bonchev–Trinajstić information content (AvgIpc) is 3.46. The highest BCUT2D eigenvalue weighted by atomic mass is 32.2. The zero-order valence-corrected chi connectivity index (χ0v) is 16.1. The topological polar surface area (TPSA) is 84.0 Å². The molecular formula is C16H24N2O5S2. The Balaban J connectivity index is 1.81. The normalized spacial score (nSPS) is 21.4. The molecule has 0 amide bonds. The first-order valence-corrected chi connectivity index (χ1v) is 11.3. The van der Waals surface area contributed by atoms with Crippen molar-refractivity contribution in [1.82, 2.24) is 8.61 Å². The van der Waals surface area contributed by atoms with Gasteiger partial charge in [-0.15, -0.1) is 0 Å². The summed E-state index contributed by atoms with van der Waals surface area (Å²) < 4.78 is 58.6. The van der Waals surface area contributed by atoms with Gasteiger partial charge < -0.3 is 4.74 Å². The van der Waals surface area contributed by atoms with E-state index in [9.17, 15) is 16.8 Å². The zero-order chi connectivity index (χ0) is 18.2. The van der Waals surface area contributed by atoms with Gasteiger partial charge in [0.2, 0.25) is 20.0 Å². The summed E-state index contributed by atoms with van der Waals surface area (Å²) in [5.74, 6) is 0.417. The third kappa shape index (κ3) is 3.75. The number of nitrogens with zero attached hydrogens (tertiary/aromatic N) is 2. The van der Waals surface area contributed by atoms with Crippen molar-refractivity contribution < 1.29 is 21.6 Å². The molecule has 1 unspecified atom stereocenters. The maximum absolute atomic E-state index is 12.7. The summed E-state index contributed by atoms with van der Waals surface area (Å²) in [4.78, 5) is 0.217. The molecule has 0 spiro atoms. The lowest BCUT2D eigenvalue weighted by Crippen LogP contribution is -2.40. The van der Waals surface area contributed by atoms with Crippen LogP contribution in [0.5, 0.6) is 0 Å². The highest BCUT2D eigenvalue weighted by molar-refractivity contribution is 7.89. The number of rotatable bonds is 6. The van der Waals surface area contributed by atoms with Gasteiger partial charge in [0.05, 0.1) is 23.0 Å². The molecule has 1 aliphatic heterocycles.